The summed E-state index contributed by atoms with van der Waals surface area (Å²) in [7, 11) is 0. The first kappa shape index (κ1) is 13.6. The van der Waals surface area contributed by atoms with Gasteiger partial charge in [0.1, 0.15) is 0 Å². The molecular weight excluding hydrogens is 254 g/mol. The molecule has 0 saturated carbocycles. The summed E-state index contributed by atoms with van der Waals surface area (Å²) in [5.74, 6) is -1.90. The van der Waals surface area contributed by atoms with Gasteiger partial charge in [-0.1, -0.05) is 0 Å². The highest BCUT2D eigenvalue weighted by atomic mass is 16.5. The Morgan fingerprint density at radius 1 is 1.42 bits per heavy atom. The lowest BCUT2D eigenvalue weighted by molar-refractivity contribution is -0.144. The van der Waals surface area contributed by atoms with Crippen molar-refractivity contribution < 1.29 is 24.2 Å². The van der Waals surface area contributed by atoms with Crippen molar-refractivity contribution in [3.63, 3.8) is 0 Å². The number of hydrogen-bond donors (Lipinski definition) is 3. The molecule has 8 heteroatoms. The maximum absolute atomic E-state index is 12.0. The highest BCUT2D eigenvalue weighted by molar-refractivity contribution is 5.87. The van der Waals surface area contributed by atoms with Gasteiger partial charge >= 0.3 is 12.0 Å². The second-order valence-corrected chi connectivity index (χ2v) is 4.95. The molecule has 2 rings (SSSR count). The molecule has 0 aliphatic carbocycles. The van der Waals surface area contributed by atoms with E-state index in [1.807, 2.05) is 0 Å². The van der Waals surface area contributed by atoms with Crippen molar-refractivity contribution in [2.75, 3.05) is 26.3 Å². The Morgan fingerprint density at radius 3 is 2.63 bits per heavy atom. The van der Waals surface area contributed by atoms with Crippen molar-refractivity contribution in [2.45, 2.75) is 18.4 Å². The van der Waals surface area contributed by atoms with Crippen LogP contribution in [-0.4, -0.2) is 59.8 Å². The van der Waals surface area contributed by atoms with Crippen molar-refractivity contribution in [2.24, 2.45) is 11.7 Å². The molecule has 2 aliphatic heterocycles. The maximum atomic E-state index is 12.0. The van der Waals surface area contributed by atoms with Gasteiger partial charge in [0.05, 0.1) is 12.5 Å². The Morgan fingerprint density at radius 2 is 2.16 bits per heavy atom. The average Bonchev–Trinajstić information content (AvgIpc) is 2.97. The molecule has 2 unspecified atom stereocenters. The van der Waals surface area contributed by atoms with Gasteiger partial charge in [0, 0.05) is 26.1 Å². The number of nitrogens with one attached hydrogen (secondary N) is 1. The number of hydrogen-bond acceptors (Lipinski definition) is 4. The molecule has 2 aliphatic rings. The predicted octanol–water partition coefficient (Wildman–Crippen LogP) is -1.25. The molecule has 0 spiro atoms. The maximum Gasteiger partial charge on any atom is 0.332 e. The minimum atomic E-state index is -1.36. The first-order chi connectivity index (χ1) is 8.94. The number of urea groups is 1. The summed E-state index contributed by atoms with van der Waals surface area (Å²) < 4.78 is 5.06. The highest BCUT2D eigenvalue weighted by Crippen LogP contribution is 2.21. The van der Waals surface area contributed by atoms with Crippen LogP contribution in [0.5, 0.6) is 0 Å². The Kier molecular flexibility index (Phi) is 3.61. The van der Waals surface area contributed by atoms with Crippen molar-refractivity contribution in [1.29, 1.82) is 0 Å². The molecule has 0 aromatic heterocycles. The lowest BCUT2D eigenvalue weighted by Crippen LogP contribution is -2.58. The van der Waals surface area contributed by atoms with E-state index < -0.39 is 23.4 Å². The van der Waals surface area contributed by atoms with Crippen LogP contribution in [0.4, 0.5) is 4.79 Å². The largest absolute Gasteiger partial charge is 0.479 e. The highest BCUT2D eigenvalue weighted by Gasteiger charge is 2.45. The number of carboxylic acid groups (broad SMARTS) is 1. The van der Waals surface area contributed by atoms with Crippen LogP contribution in [0, 0.1) is 5.92 Å². The number of amides is 3. The Bertz CT molecular complexity index is 405. The molecule has 0 bridgehead atoms. The summed E-state index contributed by atoms with van der Waals surface area (Å²) in [5, 5.41) is 11.7. The number of likely N-dealkylation sites (tertiary alicyclic amines) is 1. The normalized spacial score (nSPS) is 30.3. The van der Waals surface area contributed by atoms with Crippen LogP contribution < -0.4 is 11.1 Å². The van der Waals surface area contributed by atoms with Crippen LogP contribution in [-0.2, 0) is 14.3 Å². The number of carboxylic acids is 1. The minimum Gasteiger partial charge on any atom is -0.479 e. The molecule has 2 saturated heterocycles. The lowest BCUT2D eigenvalue weighted by atomic mass is 9.99. The second-order valence-electron chi connectivity index (χ2n) is 4.95. The van der Waals surface area contributed by atoms with E-state index in [4.69, 9.17) is 10.5 Å². The molecule has 19 heavy (non-hydrogen) atoms. The number of aliphatic carboxylic acids is 1. The van der Waals surface area contributed by atoms with Gasteiger partial charge < -0.3 is 25.8 Å². The van der Waals surface area contributed by atoms with E-state index in [1.165, 1.54) is 4.90 Å². The molecule has 2 heterocycles. The van der Waals surface area contributed by atoms with E-state index in [1.54, 1.807) is 0 Å². The van der Waals surface area contributed by atoms with Gasteiger partial charge in [-0.15, -0.1) is 0 Å². The molecule has 0 aromatic carbocycles. The van der Waals surface area contributed by atoms with Crippen LogP contribution in [0.2, 0.25) is 0 Å². The molecule has 2 fully saturated rings. The molecule has 8 nitrogen and oxygen atoms in total. The second kappa shape index (κ2) is 5.04. The van der Waals surface area contributed by atoms with Crippen molar-refractivity contribution in [3.8, 4) is 0 Å². The van der Waals surface area contributed by atoms with Crippen LogP contribution >= 0.6 is 0 Å². The van der Waals surface area contributed by atoms with Crippen molar-refractivity contribution in [3.05, 3.63) is 0 Å². The number of rotatable bonds is 3. The topological polar surface area (TPSA) is 122 Å². The van der Waals surface area contributed by atoms with Gasteiger partial charge in [-0.2, -0.15) is 0 Å². The Hall–Kier alpha value is -1.83. The quantitative estimate of drug-likeness (QED) is 0.592. The smallest absolute Gasteiger partial charge is 0.332 e. The Balaban J connectivity index is 1.97. The number of carbonyl (C=O) groups is 3. The average molecular weight is 271 g/mol. The van der Waals surface area contributed by atoms with Crippen LogP contribution in [0.3, 0.4) is 0 Å². The number of carbonyl (C=O) groups excluding carboxylic acids is 2. The summed E-state index contributed by atoms with van der Waals surface area (Å²) in [6.07, 6.45) is 0.750. The first-order valence-corrected chi connectivity index (χ1v) is 6.12. The van der Waals surface area contributed by atoms with Crippen LogP contribution in [0.25, 0.3) is 0 Å². The fraction of sp³-hybridized carbons (Fsp3) is 0.727. The predicted molar refractivity (Wildman–Crippen MR) is 63.2 cm³/mol. The number of nitrogens with two attached hydrogens (primary N) is 1. The van der Waals surface area contributed by atoms with E-state index in [-0.39, 0.29) is 25.5 Å². The summed E-state index contributed by atoms with van der Waals surface area (Å²) in [4.78, 5) is 35.7. The molecular formula is C11H17N3O5. The van der Waals surface area contributed by atoms with Crippen molar-refractivity contribution >= 4 is 17.9 Å². The monoisotopic (exact) mass is 271 g/mol. The molecule has 0 radical (unpaired) electrons. The molecule has 106 valence electrons. The summed E-state index contributed by atoms with van der Waals surface area (Å²) >= 11 is 0. The van der Waals surface area contributed by atoms with Gasteiger partial charge in [0.15, 0.2) is 5.54 Å². The van der Waals surface area contributed by atoms with Gasteiger partial charge in [0.2, 0.25) is 5.91 Å². The van der Waals surface area contributed by atoms with Gasteiger partial charge in [0.25, 0.3) is 0 Å². The third-order valence-electron chi connectivity index (χ3n) is 3.66. The SMILES string of the molecule is NC(=O)C1CCN(C(=O)NC2(C(=O)O)CCOC2)C1. The standard InChI is InChI=1S/C11H17N3O5/c12-8(15)7-1-3-14(5-7)10(18)13-11(9(16)17)2-4-19-6-11/h7H,1-6H2,(H2,12,15)(H,13,18)(H,16,17). The van der Waals surface area contributed by atoms with Gasteiger partial charge in [-0.05, 0) is 6.42 Å². The summed E-state index contributed by atoms with van der Waals surface area (Å²) in [6.45, 7) is 0.894. The number of primary amides is 1. The van der Waals surface area contributed by atoms with Crippen LogP contribution in [0.1, 0.15) is 12.8 Å². The molecule has 0 aromatic rings. The van der Waals surface area contributed by atoms with E-state index in [9.17, 15) is 19.5 Å². The zero-order chi connectivity index (χ0) is 14.0. The fourth-order valence-corrected chi connectivity index (χ4v) is 2.35. The number of ether oxygens (including phenoxy) is 1. The summed E-state index contributed by atoms with van der Waals surface area (Å²) in [5.41, 5.74) is 3.83. The third-order valence-corrected chi connectivity index (χ3v) is 3.66. The van der Waals surface area contributed by atoms with Crippen LogP contribution in [0.15, 0.2) is 0 Å². The van der Waals surface area contributed by atoms with E-state index in [2.05, 4.69) is 5.32 Å². The number of nitrogens with zero attached hydrogens (tertiary/aromatic N) is 1. The molecule has 4 N–H and O–H groups in total. The minimum absolute atomic E-state index is 0.0405. The zero-order valence-corrected chi connectivity index (χ0v) is 10.4. The summed E-state index contributed by atoms with van der Waals surface area (Å²) in [6, 6.07) is -0.489. The Labute approximate surface area is 109 Å². The third kappa shape index (κ3) is 2.62. The van der Waals surface area contributed by atoms with E-state index in [0.29, 0.717) is 19.6 Å². The van der Waals surface area contributed by atoms with Crippen molar-refractivity contribution in [1.82, 2.24) is 10.2 Å². The van der Waals surface area contributed by atoms with E-state index >= 15 is 0 Å². The first-order valence-electron chi connectivity index (χ1n) is 6.12. The molecule has 3 amide bonds. The fourth-order valence-electron chi connectivity index (χ4n) is 2.35. The molecule has 2 atom stereocenters. The van der Waals surface area contributed by atoms with Gasteiger partial charge in [-0.25, -0.2) is 9.59 Å². The van der Waals surface area contributed by atoms with E-state index in [0.717, 1.165) is 0 Å². The van der Waals surface area contributed by atoms with Gasteiger partial charge in [-0.3, -0.25) is 4.79 Å². The zero-order valence-electron chi connectivity index (χ0n) is 10.4. The lowest BCUT2D eigenvalue weighted by Gasteiger charge is -2.27.